The van der Waals surface area contributed by atoms with Crippen LogP contribution in [0.2, 0.25) is 0 Å². The van der Waals surface area contributed by atoms with Gasteiger partial charge in [0.15, 0.2) is 0 Å². The molecule has 0 radical (unpaired) electrons. The Morgan fingerprint density at radius 1 is 1.18 bits per heavy atom. The van der Waals surface area contributed by atoms with E-state index in [0.717, 1.165) is 11.6 Å². The molecule has 1 unspecified atom stereocenters. The minimum Gasteiger partial charge on any atom is -0.327 e. The van der Waals surface area contributed by atoms with Crippen LogP contribution in [-0.2, 0) is 12.8 Å². The minimum atomic E-state index is -0.558. The monoisotopic (exact) mass is 253 g/mol. The number of hydrogen-bond acceptors (Lipinski definition) is 2. The Morgan fingerprint density at radius 2 is 2.00 bits per heavy atom. The second-order valence-electron chi connectivity index (χ2n) is 4.04. The summed E-state index contributed by atoms with van der Waals surface area (Å²) in [5.41, 5.74) is 7.57. The largest absolute Gasteiger partial charge is 0.327 e. The van der Waals surface area contributed by atoms with Crippen molar-refractivity contribution in [2.24, 2.45) is 5.73 Å². The standard InChI is InChI=1S/C13H13F2NS/c14-11-2-1-10(13(15)7-11)6-12(16)5-9-3-4-17-8-9/h1-4,7-8,12H,5-6,16H2. The maximum atomic E-state index is 13.4. The molecule has 0 aliphatic carbocycles. The lowest BCUT2D eigenvalue weighted by molar-refractivity contribution is 0.558. The average molecular weight is 253 g/mol. The molecule has 1 atom stereocenters. The van der Waals surface area contributed by atoms with Gasteiger partial charge in [-0.15, -0.1) is 0 Å². The van der Waals surface area contributed by atoms with Crippen LogP contribution in [-0.4, -0.2) is 6.04 Å². The van der Waals surface area contributed by atoms with Crippen molar-refractivity contribution in [2.75, 3.05) is 0 Å². The maximum absolute atomic E-state index is 13.4. The van der Waals surface area contributed by atoms with Crippen molar-refractivity contribution < 1.29 is 8.78 Å². The molecule has 1 aromatic heterocycles. The highest BCUT2D eigenvalue weighted by Gasteiger charge is 2.10. The number of benzene rings is 1. The molecule has 1 aromatic carbocycles. The van der Waals surface area contributed by atoms with Crippen molar-refractivity contribution in [1.29, 1.82) is 0 Å². The van der Waals surface area contributed by atoms with E-state index in [1.54, 1.807) is 11.3 Å². The van der Waals surface area contributed by atoms with E-state index in [4.69, 9.17) is 5.73 Å². The van der Waals surface area contributed by atoms with Gasteiger partial charge in [-0.05, 0) is 46.9 Å². The van der Waals surface area contributed by atoms with Gasteiger partial charge in [-0.1, -0.05) is 6.07 Å². The molecule has 0 bridgehead atoms. The summed E-state index contributed by atoms with van der Waals surface area (Å²) in [6.07, 6.45) is 1.13. The summed E-state index contributed by atoms with van der Waals surface area (Å²) in [5, 5.41) is 4.02. The lowest BCUT2D eigenvalue weighted by Crippen LogP contribution is -2.25. The summed E-state index contributed by atoms with van der Waals surface area (Å²) in [7, 11) is 0. The van der Waals surface area contributed by atoms with Crippen LogP contribution in [0.4, 0.5) is 8.78 Å². The molecule has 17 heavy (non-hydrogen) atoms. The Kier molecular flexibility index (Phi) is 3.86. The highest BCUT2D eigenvalue weighted by atomic mass is 32.1. The molecular formula is C13H13F2NS. The molecule has 0 saturated carbocycles. The van der Waals surface area contributed by atoms with Crippen LogP contribution in [0.5, 0.6) is 0 Å². The minimum absolute atomic E-state index is 0.149. The first-order valence-electron chi connectivity index (χ1n) is 5.36. The van der Waals surface area contributed by atoms with Gasteiger partial charge in [0.2, 0.25) is 0 Å². The predicted octanol–water partition coefficient (Wildman–Crippen LogP) is 3.14. The molecule has 2 aromatic rings. The topological polar surface area (TPSA) is 26.0 Å². The number of rotatable bonds is 4. The zero-order chi connectivity index (χ0) is 12.3. The summed E-state index contributed by atoms with van der Waals surface area (Å²) in [5.74, 6) is -1.08. The van der Waals surface area contributed by atoms with Crippen molar-refractivity contribution in [3.05, 3.63) is 57.8 Å². The van der Waals surface area contributed by atoms with Crippen LogP contribution >= 0.6 is 11.3 Å². The zero-order valence-corrected chi connectivity index (χ0v) is 10.0. The van der Waals surface area contributed by atoms with Gasteiger partial charge in [-0.25, -0.2) is 8.78 Å². The third kappa shape index (κ3) is 3.35. The second kappa shape index (κ2) is 5.38. The molecular weight excluding hydrogens is 240 g/mol. The first kappa shape index (κ1) is 12.2. The summed E-state index contributed by atoms with van der Waals surface area (Å²) >= 11 is 1.61. The van der Waals surface area contributed by atoms with Crippen LogP contribution in [0, 0.1) is 11.6 Å². The zero-order valence-electron chi connectivity index (χ0n) is 9.20. The average Bonchev–Trinajstić information content (AvgIpc) is 2.75. The first-order valence-corrected chi connectivity index (χ1v) is 6.30. The molecule has 4 heteroatoms. The van der Waals surface area contributed by atoms with Crippen molar-refractivity contribution in [2.45, 2.75) is 18.9 Å². The molecule has 2 rings (SSSR count). The second-order valence-corrected chi connectivity index (χ2v) is 4.82. The molecule has 1 nitrogen and oxygen atoms in total. The molecule has 90 valence electrons. The van der Waals surface area contributed by atoms with Gasteiger partial charge in [0.25, 0.3) is 0 Å². The van der Waals surface area contributed by atoms with Gasteiger partial charge in [-0.2, -0.15) is 11.3 Å². The Bertz CT molecular complexity index is 482. The van der Waals surface area contributed by atoms with Crippen molar-refractivity contribution in [3.8, 4) is 0 Å². The number of hydrogen-bond donors (Lipinski definition) is 1. The predicted molar refractivity (Wildman–Crippen MR) is 66.1 cm³/mol. The van der Waals surface area contributed by atoms with E-state index in [-0.39, 0.29) is 6.04 Å². The molecule has 0 amide bonds. The third-order valence-electron chi connectivity index (χ3n) is 2.58. The Hall–Kier alpha value is -1.26. The van der Waals surface area contributed by atoms with Gasteiger partial charge in [-0.3, -0.25) is 0 Å². The molecule has 0 spiro atoms. The lowest BCUT2D eigenvalue weighted by Gasteiger charge is -2.11. The van der Waals surface area contributed by atoms with Gasteiger partial charge in [0.1, 0.15) is 11.6 Å². The fourth-order valence-corrected chi connectivity index (χ4v) is 2.43. The van der Waals surface area contributed by atoms with E-state index >= 15 is 0 Å². The number of thiophene rings is 1. The van der Waals surface area contributed by atoms with Crippen LogP contribution in [0.1, 0.15) is 11.1 Å². The SMILES string of the molecule is NC(Cc1ccsc1)Cc1ccc(F)cc1F. The Balaban J connectivity index is 2.00. The fourth-order valence-electron chi connectivity index (χ4n) is 1.75. The summed E-state index contributed by atoms with van der Waals surface area (Å²) in [4.78, 5) is 0. The normalized spacial score (nSPS) is 12.6. The molecule has 2 N–H and O–H groups in total. The molecule has 0 aliphatic rings. The van der Waals surface area contributed by atoms with Crippen LogP contribution in [0.3, 0.4) is 0 Å². The van der Waals surface area contributed by atoms with Gasteiger partial charge >= 0.3 is 0 Å². The van der Waals surface area contributed by atoms with Crippen molar-refractivity contribution in [1.82, 2.24) is 0 Å². The molecule has 0 saturated heterocycles. The highest BCUT2D eigenvalue weighted by Crippen LogP contribution is 2.14. The van der Waals surface area contributed by atoms with Gasteiger partial charge in [0, 0.05) is 12.1 Å². The van der Waals surface area contributed by atoms with E-state index in [9.17, 15) is 8.78 Å². The van der Waals surface area contributed by atoms with E-state index in [1.165, 1.54) is 12.1 Å². The first-order chi connectivity index (χ1) is 8.15. The van der Waals surface area contributed by atoms with Crippen LogP contribution in [0.15, 0.2) is 35.0 Å². The third-order valence-corrected chi connectivity index (χ3v) is 3.31. The fraction of sp³-hybridized carbons (Fsp3) is 0.231. The van der Waals surface area contributed by atoms with Gasteiger partial charge < -0.3 is 5.73 Å². The lowest BCUT2D eigenvalue weighted by atomic mass is 10.0. The smallest absolute Gasteiger partial charge is 0.129 e. The Morgan fingerprint density at radius 3 is 2.65 bits per heavy atom. The maximum Gasteiger partial charge on any atom is 0.129 e. The Labute approximate surface area is 103 Å². The van der Waals surface area contributed by atoms with Crippen molar-refractivity contribution in [3.63, 3.8) is 0 Å². The molecule has 1 heterocycles. The van der Waals surface area contributed by atoms with Crippen LogP contribution in [0.25, 0.3) is 0 Å². The van der Waals surface area contributed by atoms with E-state index in [1.807, 2.05) is 16.8 Å². The van der Waals surface area contributed by atoms with E-state index < -0.39 is 11.6 Å². The van der Waals surface area contributed by atoms with E-state index in [2.05, 4.69) is 0 Å². The number of nitrogens with two attached hydrogens (primary N) is 1. The molecule has 0 aliphatic heterocycles. The summed E-state index contributed by atoms with van der Waals surface area (Å²) < 4.78 is 26.1. The molecule has 0 fully saturated rings. The summed E-state index contributed by atoms with van der Waals surface area (Å²) in [6.45, 7) is 0. The summed E-state index contributed by atoms with van der Waals surface area (Å²) in [6, 6.07) is 5.47. The van der Waals surface area contributed by atoms with E-state index in [0.29, 0.717) is 18.4 Å². The quantitative estimate of drug-likeness (QED) is 0.890. The highest BCUT2D eigenvalue weighted by molar-refractivity contribution is 7.07. The number of halogens is 2. The van der Waals surface area contributed by atoms with Gasteiger partial charge in [0.05, 0.1) is 0 Å². The van der Waals surface area contributed by atoms with Crippen molar-refractivity contribution >= 4 is 11.3 Å². The van der Waals surface area contributed by atoms with Crippen LogP contribution < -0.4 is 5.73 Å².